The highest BCUT2D eigenvalue weighted by molar-refractivity contribution is 8.16. The summed E-state index contributed by atoms with van der Waals surface area (Å²) in [5, 5.41) is 21.3. The van der Waals surface area contributed by atoms with E-state index in [9.17, 15) is 10.2 Å². The van der Waals surface area contributed by atoms with Gasteiger partial charge in [0.15, 0.2) is 5.60 Å². The Morgan fingerprint density at radius 3 is 1.63 bits per heavy atom. The van der Waals surface area contributed by atoms with Crippen LogP contribution < -0.4 is 11.5 Å². The molecule has 0 aliphatic carbocycles. The minimum absolute atomic E-state index is 0.129. The van der Waals surface area contributed by atoms with Crippen LogP contribution in [0.2, 0.25) is 0 Å². The first-order chi connectivity index (χ1) is 12.7. The van der Waals surface area contributed by atoms with Crippen LogP contribution in [0.15, 0.2) is 0 Å². The van der Waals surface area contributed by atoms with E-state index in [1.165, 1.54) is 45.4 Å². The van der Waals surface area contributed by atoms with Crippen LogP contribution in [0.4, 0.5) is 0 Å². The fraction of sp³-hybridized carbons (Fsp3) is 0.905. The zero-order valence-electron chi connectivity index (χ0n) is 18.2. The van der Waals surface area contributed by atoms with Gasteiger partial charge in [0.1, 0.15) is 4.99 Å². The molecule has 0 amide bonds. The molecule has 4 unspecified atom stereocenters. The molecule has 4 nitrogen and oxygen atoms in total. The molecule has 0 aromatic rings. The van der Waals surface area contributed by atoms with E-state index in [0.29, 0.717) is 16.8 Å². The van der Waals surface area contributed by atoms with E-state index in [-0.39, 0.29) is 15.5 Å². The molecule has 0 aliphatic rings. The fourth-order valence-corrected chi connectivity index (χ4v) is 6.87. The maximum absolute atomic E-state index is 11.1. The Labute approximate surface area is 175 Å². The van der Waals surface area contributed by atoms with Crippen molar-refractivity contribution in [2.24, 2.45) is 23.3 Å². The third kappa shape index (κ3) is 8.48. The monoisotopic (exact) mass is 420 g/mol. The predicted molar refractivity (Wildman–Crippen MR) is 127 cm³/mol. The zero-order valence-corrected chi connectivity index (χ0v) is 19.8. The van der Waals surface area contributed by atoms with Crippen molar-refractivity contribution in [1.29, 1.82) is 0 Å². The summed E-state index contributed by atoms with van der Waals surface area (Å²) in [4.78, 5) is 0.255. The van der Waals surface area contributed by atoms with Gasteiger partial charge in [-0.25, -0.2) is 0 Å². The minimum Gasteiger partial charge on any atom is -0.390 e. The number of aliphatic hydroxyl groups excluding tert-OH is 1. The molecule has 0 saturated carbocycles. The van der Waals surface area contributed by atoms with E-state index in [4.69, 9.17) is 23.7 Å². The highest BCUT2D eigenvalue weighted by atomic mass is 32.2. The minimum atomic E-state index is -1.79. The first kappa shape index (κ1) is 27.0. The van der Waals surface area contributed by atoms with Crippen LogP contribution in [0.25, 0.3) is 0 Å². The summed E-state index contributed by atoms with van der Waals surface area (Å²) >= 11 is 5.10. The molecule has 27 heavy (non-hydrogen) atoms. The second kappa shape index (κ2) is 14.0. The Kier molecular flexibility index (Phi) is 14.0. The van der Waals surface area contributed by atoms with Crippen molar-refractivity contribution in [1.82, 2.24) is 0 Å². The summed E-state index contributed by atoms with van der Waals surface area (Å²) in [6.45, 7) is 10.4. The van der Waals surface area contributed by atoms with Crippen LogP contribution >= 0.6 is 22.7 Å². The van der Waals surface area contributed by atoms with Crippen molar-refractivity contribution >= 4 is 32.7 Å². The topological polar surface area (TPSA) is 92.5 Å². The van der Waals surface area contributed by atoms with Gasteiger partial charge in [0.2, 0.25) is 0 Å². The molecule has 6 N–H and O–H groups in total. The smallest absolute Gasteiger partial charge is 0.179 e. The van der Waals surface area contributed by atoms with Gasteiger partial charge in [-0.15, -0.1) is 0 Å². The van der Waals surface area contributed by atoms with Crippen molar-refractivity contribution in [3.8, 4) is 0 Å². The third-order valence-corrected chi connectivity index (χ3v) is 8.62. The molecule has 0 aromatic carbocycles. The van der Waals surface area contributed by atoms with Crippen molar-refractivity contribution in [2.45, 2.75) is 97.7 Å². The molecule has 0 radical (unpaired) electrons. The van der Waals surface area contributed by atoms with Gasteiger partial charge >= 0.3 is 0 Å². The van der Waals surface area contributed by atoms with Crippen molar-refractivity contribution in [3.05, 3.63) is 0 Å². The molecule has 0 fully saturated rings. The number of hydrogen-bond donors (Lipinski definition) is 4. The highest BCUT2D eigenvalue weighted by Gasteiger charge is 2.40. The summed E-state index contributed by atoms with van der Waals surface area (Å²) in [7, 11) is -0.330. The average Bonchev–Trinajstić information content (AvgIpc) is 2.65. The van der Waals surface area contributed by atoms with E-state index in [1.54, 1.807) is 0 Å². The van der Waals surface area contributed by atoms with Crippen molar-refractivity contribution in [2.75, 3.05) is 11.5 Å². The van der Waals surface area contributed by atoms with Crippen LogP contribution in [0.3, 0.4) is 0 Å². The maximum atomic E-state index is 11.1. The molecule has 0 rings (SSSR count). The standard InChI is InChI=1S/C21H44N2O2S2/c1-6-10-12-17(8-3)14-27(15-18(9-4)13-11-7-2)20(23)21(25,16(5)24)19(22)26/h16-18,24-25H,6-15,23H2,1-5H3,(H2,22,26). The molecule has 0 saturated heterocycles. The molecular formula is C21H44N2O2S2. The lowest BCUT2D eigenvalue weighted by Crippen LogP contribution is -2.60. The fourth-order valence-electron chi connectivity index (χ4n) is 3.37. The lowest BCUT2D eigenvalue weighted by Gasteiger charge is -2.34. The van der Waals surface area contributed by atoms with Gasteiger partial charge in [0, 0.05) is 0 Å². The SMILES string of the molecule is CCCCC(CC)CS(CC(CC)CCCC)=C(N)C(O)(C(N)=S)C(C)O. The summed E-state index contributed by atoms with van der Waals surface area (Å²) in [5.41, 5.74) is 10.5. The Bertz CT molecular complexity index is 449. The van der Waals surface area contributed by atoms with E-state index >= 15 is 0 Å². The van der Waals surface area contributed by atoms with Crippen LogP contribution in [-0.2, 0) is 0 Å². The van der Waals surface area contributed by atoms with Crippen LogP contribution in [0.5, 0.6) is 0 Å². The molecule has 0 aliphatic heterocycles. The average molecular weight is 421 g/mol. The van der Waals surface area contributed by atoms with Crippen LogP contribution in [-0.4, -0.2) is 43.4 Å². The van der Waals surface area contributed by atoms with E-state index in [1.807, 2.05) is 0 Å². The normalized spacial score (nSPS) is 18.4. The second-order valence-corrected chi connectivity index (χ2v) is 10.4. The predicted octanol–water partition coefficient (Wildman–Crippen LogP) is 4.17. The summed E-state index contributed by atoms with van der Waals surface area (Å²) in [6, 6.07) is 0. The highest BCUT2D eigenvalue weighted by Crippen LogP contribution is 2.32. The Hall–Kier alpha value is -0.0100. The molecule has 0 heterocycles. The number of aliphatic hydroxyl groups is 2. The summed E-state index contributed by atoms with van der Waals surface area (Å²) in [6.07, 6.45) is 8.22. The van der Waals surface area contributed by atoms with Crippen molar-refractivity contribution in [3.63, 3.8) is 0 Å². The number of nitrogens with two attached hydrogens (primary N) is 2. The molecule has 0 spiro atoms. The van der Waals surface area contributed by atoms with Gasteiger partial charge in [0.25, 0.3) is 0 Å². The van der Waals surface area contributed by atoms with Gasteiger partial charge in [-0.3, -0.25) is 5.73 Å². The van der Waals surface area contributed by atoms with Gasteiger partial charge < -0.3 is 15.9 Å². The Morgan fingerprint density at radius 2 is 1.37 bits per heavy atom. The van der Waals surface area contributed by atoms with E-state index in [2.05, 4.69) is 27.7 Å². The molecule has 162 valence electrons. The number of rotatable bonds is 15. The molecule has 6 heteroatoms. The molecule has 4 atom stereocenters. The van der Waals surface area contributed by atoms with E-state index in [0.717, 1.165) is 24.3 Å². The molecule has 0 bridgehead atoms. The number of hydrogen-bond acceptors (Lipinski definition) is 3. The Balaban J connectivity index is 5.87. The maximum Gasteiger partial charge on any atom is 0.179 e. The lowest BCUT2D eigenvalue weighted by molar-refractivity contribution is 0.0359. The first-order valence-corrected chi connectivity index (χ1v) is 12.7. The molecule has 0 aromatic heterocycles. The zero-order chi connectivity index (χ0) is 21.0. The Morgan fingerprint density at radius 1 is 0.963 bits per heavy atom. The summed E-state index contributed by atoms with van der Waals surface area (Å²) < 4.78 is 0. The van der Waals surface area contributed by atoms with Crippen LogP contribution in [0, 0.1) is 11.8 Å². The quantitative estimate of drug-likeness (QED) is 0.298. The number of thiocarbonyl (C=S) groups is 1. The van der Waals surface area contributed by atoms with Gasteiger partial charge in [-0.1, -0.05) is 78.4 Å². The van der Waals surface area contributed by atoms with Gasteiger partial charge in [-0.2, -0.15) is 10.5 Å². The van der Waals surface area contributed by atoms with Gasteiger partial charge in [0.05, 0.1) is 11.1 Å². The van der Waals surface area contributed by atoms with Crippen LogP contribution in [0.1, 0.15) is 86.0 Å². The summed E-state index contributed by atoms with van der Waals surface area (Å²) in [5.74, 6) is 3.03. The third-order valence-electron chi connectivity index (χ3n) is 5.63. The van der Waals surface area contributed by atoms with E-state index < -0.39 is 11.7 Å². The van der Waals surface area contributed by atoms with Gasteiger partial charge in [-0.05, 0) is 43.1 Å². The number of unbranched alkanes of at least 4 members (excludes halogenated alkanes) is 2. The first-order valence-electron chi connectivity index (χ1n) is 10.7. The lowest BCUT2D eigenvalue weighted by atomic mass is 9.98. The largest absolute Gasteiger partial charge is 0.390 e. The van der Waals surface area contributed by atoms with Crippen molar-refractivity contribution < 1.29 is 10.2 Å². The molecular weight excluding hydrogens is 376 g/mol. The second-order valence-electron chi connectivity index (χ2n) is 7.83.